The summed E-state index contributed by atoms with van der Waals surface area (Å²) in [6.07, 6.45) is 5.00. The van der Waals surface area contributed by atoms with E-state index in [1.807, 2.05) is 0 Å². The first-order valence-corrected chi connectivity index (χ1v) is 7.20. The van der Waals surface area contributed by atoms with Crippen molar-refractivity contribution in [2.75, 3.05) is 13.7 Å². The maximum atomic E-state index is 14.1. The average Bonchev–Trinajstić information content (AvgIpc) is 2.46. The molecule has 0 amide bonds. The lowest BCUT2D eigenvalue weighted by Gasteiger charge is -2.39. The summed E-state index contributed by atoms with van der Waals surface area (Å²) in [5, 5.41) is 0. The lowest BCUT2D eigenvalue weighted by Crippen LogP contribution is -2.39. The fraction of sp³-hybridized carbons (Fsp3) is 0.625. The van der Waals surface area contributed by atoms with Gasteiger partial charge < -0.3 is 10.5 Å². The second-order valence-electron chi connectivity index (χ2n) is 5.82. The number of benzene rings is 1. The molecule has 0 atom stereocenters. The maximum absolute atomic E-state index is 14.1. The monoisotopic (exact) mass is 283 g/mol. The molecule has 0 radical (unpaired) electrons. The van der Waals surface area contributed by atoms with Crippen LogP contribution in [0.5, 0.6) is 5.75 Å². The quantitative estimate of drug-likeness (QED) is 0.907. The van der Waals surface area contributed by atoms with Crippen LogP contribution in [-0.4, -0.2) is 13.7 Å². The van der Waals surface area contributed by atoms with Gasteiger partial charge in [-0.2, -0.15) is 0 Å². The molecule has 1 aromatic carbocycles. The molecule has 0 aromatic heterocycles. The van der Waals surface area contributed by atoms with Gasteiger partial charge in [0.25, 0.3) is 5.92 Å². The molecule has 0 unspecified atom stereocenters. The lowest BCUT2D eigenvalue weighted by atomic mass is 9.67. The van der Waals surface area contributed by atoms with Crippen molar-refractivity contribution in [1.82, 2.24) is 0 Å². The van der Waals surface area contributed by atoms with Crippen molar-refractivity contribution in [3.8, 4) is 5.75 Å². The number of halogens is 2. The van der Waals surface area contributed by atoms with E-state index in [-0.39, 0.29) is 16.7 Å². The van der Waals surface area contributed by atoms with Crippen LogP contribution in [0.4, 0.5) is 8.78 Å². The summed E-state index contributed by atoms with van der Waals surface area (Å²) in [6, 6.07) is 5.19. The fourth-order valence-electron chi connectivity index (χ4n) is 3.41. The maximum Gasteiger partial charge on any atom is 0.274 e. The molecule has 20 heavy (non-hydrogen) atoms. The van der Waals surface area contributed by atoms with Crippen molar-refractivity contribution >= 4 is 0 Å². The zero-order chi connectivity index (χ0) is 14.8. The van der Waals surface area contributed by atoms with Crippen molar-refractivity contribution in [1.29, 1.82) is 0 Å². The lowest BCUT2D eigenvalue weighted by molar-refractivity contribution is 0.0124. The summed E-state index contributed by atoms with van der Waals surface area (Å²) >= 11 is 0. The minimum atomic E-state index is -2.93. The molecule has 1 aliphatic carbocycles. The Morgan fingerprint density at radius 2 is 1.90 bits per heavy atom. The van der Waals surface area contributed by atoms with E-state index in [0.29, 0.717) is 12.1 Å². The van der Waals surface area contributed by atoms with Gasteiger partial charge in [0.2, 0.25) is 0 Å². The number of alkyl halides is 2. The van der Waals surface area contributed by atoms with E-state index in [0.717, 1.165) is 39.0 Å². The van der Waals surface area contributed by atoms with E-state index < -0.39 is 5.92 Å². The van der Waals surface area contributed by atoms with Gasteiger partial charge in [-0.25, -0.2) is 8.78 Å². The standard InChI is InChI=1S/C16H23F2NO/c1-15(17,18)14-12(7-6-8-13(14)20-2)16(11-19)9-4-3-5-10-16/h6-8H,3-5,9-11,19H2,1-2H3. The van der Waals surface area contributed by atoms with Gasteiger partial charge in [-0.3, -0.25) is 0 Å². The molecular formula is C16H23F2NO. The third kappa shape index (κ3) is 2.66. The number of rotatable bonds is 4. The number of ether oxygens (including phenoxy) is 1. The third-order valence-electron chi connectivity index (χ3n) is 4.46. The van der Waals surface area contributed by atoms with Crippen LogP contribution in [-0.2, 0) is 11.3 Å². The summed E-state index contributed by atoms with van der Waals surface area (Å²) in [5.74, 6) is -2.67. The topological polar surface area (TPSA) is 35.2 Å². The normalized spacial score (nSPS) is 18.9. The molecule has 0 heterocycles. The first-order chi connectivity index (χ1) is 9.44. The molecule has 1 aliphatic rings. The first-order valence-electron chi connectivity index (χ1n) is 7.20. The predicted octanol–water partition coefficient (Wildman–Crippen LogP) is 3.97. The highest BCUT2D eigenvalue weighted by atomic mass is 19.3. The fourth-order valence-corrected chi connectivity index (χ4v) is 3.41. The second kappa shape index (κ2) is 5.68. The minimum Gasteiger partial charge on any atom is -0.496 e. The number of nitrogens with two attached hydrogens (primary N) is 1. The Hall–Kier alpha value is -1.16. The molecule has 1 fully saturated rings. The van der Waals surface area contributed by atoms with Crippen molar-refractivity contribution in [2.24, 2.45) is 5.73 Å². The molecule has 1 saturated carbocycles. The average molecular weight is 283 g/mol. The van der Waals surface area contributed by atoms with Crippen molar-refractivity contribution in [3.05, 3.63) is 29.3 Å². The third-order valence-corrected chi connectivity index (χ3v) is 4.46. The van der Waals surface area contributed by atoms with Gasteiger partial charge in [0.1, 0.15) is 5.75 Å². The number of hydrogen-bond acceptors (Lipinski definition) is 2. The molecule has 4 heteroatoms. The highest BCUT2D eigenvalue weighted by Gasteiger charge is 2.41. The minimum absolute atomic E-state index is 0.00912. The molecule has 2 rings (SSSR count). The van der Waals surface area contributed by atoms with Gasteiger partial charge in [0.15, 0.2) is 0 Å². The van der Waals surface area contributed by atoms with E-state index in [1.165, 1.54) is 7.11 Å². The van der Waals surface area contributed by atoms with E-state index in [9.17, 15) is 8.78 Å². The highest BCUT2D eigenvalue weighted by molar-refractivity contribution is 5.47. The van der Waals surface area contributed by atoms with Crippen LogP contribution in [0.15, 0.2) is 18.2 Å². The Morgan fingerprint density at radius 3 is 2.40 bits per heavy atom. The van der Waals surface area contributed by atoms with Crippen molar-refractivity contribution in [2.45, 2.75) is 50.4 Å². The van der Waals surface area contributed by atoms with Gasteiger partial charge in [0.05, 0.1) is 12.7 Å². The van der Waals surface area contributed by atoms with Crippen LogP contribution in [0.3, 0.4) is 0 Å². The molecule has 112 valence electrons. The Morgan fingerprint density at radius 1 is 1.25 bits per heavy atom. The van der Waals surface area contributed by atoms with E-state index >= 15 is 0 Å². The van der Waals surface area contributed by atoms with E-state index in [2.05, 4.69) is 0 Å². The van der Waals surface area contributed by atoms with Gasteiger partial charge >= 0.3 is 0 Å². The van der Waals surface area contributed by atoms with Gasteiger partial charge in [-0.15, -0.1) is 0 Å². The zero-order valence-corrected chi connectivity index (χ0v) is 12.2. The second-order valence-corrected chi connectivity index (χ2v) is 5.82. The molecular weight excluding hydrogens is 260 g/mol. The molecule has 2 N–H and O–H groups in total. The Kier molecular flexibility index (Phi) is 4.33. The molecule has 0 aliphatic heterocycles. The Bertz CT molecular complexity index is 462. The van der Waals surface area contributed by atoms with Gasteiger partial charge in [-0.1, -0.05) is 31.4 Å². The highest BCUT2D eigenvalue weighted by Crippen LogP contribution is 2.46. The summed E-state index contributed by atoms with van der Waals surface area (Å²) in [5.41, 5.74) is 6.34. The summed E-state index contributed by atoms with van der Waals surface area (Å²) in [4.78, 5) is 0. The first kappa shape index (κ1) is 15.2. The van der Waals surface area contributed by atoms with Crippen LogP contribution in [0.25, 0.3) is 0 Å². The molecule has 0 spiro atoms. The largest absolute Gasteiger partial charge is 0.496 e. The van der Waals surface area contributed by atoms with Gasteiger partial charge in [0, 0.05) is 18.9 Å². The zero-order valence-electron chi connectivity index (χ0n) is 12.2. The molecule has 0 bridgehead atoms. The van der Waals surface area contributed by atoms with Crippen LogP contribution in [0, 0.1) is 0 Å². The smallest absolute Gasteiger partial charge is 0.274 e. The van der Waals surface area contributed by atoms with Crippen LogP contribution >= 0.6 is 0 Å². The van der Waals surface area contributed by atoms with E-state index in [4.69, 9.17) is 10.5 Å². The van der Waals surface area contributed by atoms with Gasteiger partial charge in [-0.05, 0) is 24.5 Å². The summed E-state index contributed by atoms with van der Waals surface area (Å²) in [6.45, 7) is 1.34. The Balaban J connectivity index is 2.60. The summed E-state index contributed by atoms with van der Waals surface area (Å²) < 4.78 is 33.4. The van der Waals surface area contributed by atoms with Crippen molar-refractivity contribution < 1.29 is 13.5 Å². The van der Waals surface area contributed by atoms with Crippen LogP contribution < -0.4 is 10.5 Å². The predicted molar refractivity (Wildman–Crippen MR) is 76.4 cm³/mol. The van der Waals surface area contributed by atoms with Crippen LogP contribution in [0.1, 0.15) is 50.2 Å². The van der Waals surface area contributed by atoms with E-state index in [1.54, 1.807) is 18.2 Å². The number of methoxy groups -OCH3 is 1. The molecule has 1 aromatic rings. The van der Waals surface area contributed by atoms with Crippen molar-refractivity contribution in [3.63, 3.8) is 0 Å². The van der Waals surface area contributed by atoms with Crippen LogP contribution in [0.2, 0.25) is 0 Å². The number of hydrogen-bond donors (Lipinski definition) is 1. The SMILES string of the molecule is COc1cccc(C2(CN)CCCCC2)c1C(C)(F)F. The Labute approximate surface area is 119 Å². The molecule has 2 nitrogen and oxygen atoms in total. The summed E-state index contributed by atoms with van der Waals surface area (Å²) in [7, 11) is 1.43. The molecule has 0 saturated heterocycles.